The van der Waals surface area contributed by atoms with Gasteiger partial charge in [-0.05, 0) is 12.1 Å². The zero-order valence-electron chi connectivity index (χ0n) is 10.8. The minimum absolute atomic E-state index is 0.870. The molecule has 1 saturated heterocycles. The van der Waals surface area contributed by atoms with Crippen LogP contribution in [0, 0.1) is 0 Å². The first kappa shape index (κ1) is 12.6. The minimum atomic E-state index is 0.870. The highest BCUT2D eigenvalue weighted by atomic mass is 32.1. The summed E-state index contributed by atoms with van der Waals surface area (Å²) < 4.78 is 5.37. The van der Waals surface area contributed by atoms with E-state index in [1.807, 2.05) is 30.3 Å². The summed E-state index contributed by atoms with van der Waals surface area (Å²) >= 11 is 1.67. The van der Waals surface area contributed by atoms with Gasteiger partial charge < -0.3 is 15.0 Å². The second-order valence-electron chi connectivity index (χ2n) is 4.67. The summed E-state index contributed by atoms with van der Waals surface area (Å²) in [6.07, 6.45) is 0. The van der Waals surface area contributed by atoms with Gasteiger partial charge in [0.15, 0.2) is 5.13 Å². The molecule has 100 valence electrons. The van der Waals surface area contributed by atoms with Gasteiger partial charge in [-0.3, -0.25) is 0 Å². The summed E-state index contributed by atoms with van der Waals surface area (Å²) in [5.74, 6) is 0. The van der Waals surface area contributed by atoms with E-state index in [1.165, 1.54) is 5.69 Å². The molecular weight excluding hydrogens is 258 g/mol. The SMILES string of the molecule is c1ccc(Nc2nc(C[NH+]3CCOCC3)cs2)cc1. The van der Waals surface area contributed by atoms with Crippen LogP contribution in [0.25, 0.3) is 0 Å². The summed E-state index contributed by atoms with van der Waals surface area (Å²) in [5.41, 5.74) is 2.25. The Morgan fingerprint density at radius 2 is 2.00 bits per heavy atom. The van der Waals surface area contributed by atoms with Gasteiger partial charge in [-0.25, -0.2) is 4.98 Å². The second kappa shape index (κ2) is 6.14. The van der Waals surface area contributed by atoms with E-state index in [2.05, 4.69) is 15.7 Å². The number of nitrogens with zero attached hydrogens (tertiary/aromatic N) is 1. The molecule has 1 aliphatic heterocycles. The number of ether oxygens (including phenoxy) is 1. The Morgan fingerprint density at radius 1 is 1.21 bits per heavy atom. The van der Waals surface area contributed by atoms with Crippen molar-refractivity contribution in [3.63, 3.8) is 0 Å². The van der Waals surface area contributed by atoms with E-state index >= 15 is 0 Å². The average molecular weight is 276 g/mol. The molecule has 0 aliphatic carbocycles. The standard InChI is InChI=1S/C14H17N3OS/c1-2-4-12(5-3-1)15-14-16-13(11-19-14)10-17-6-8-18-9-7-17/h1-5,11H,6-10H2,(H,15,16)/p+1. The highest BCUT2D eigenvalue weighted by Crippen LogP contribution is 2.20. The molecule has 4 nitrogen and oxygen atoms in total. The predicted octanol–water partition coefficient (Wildman–Crippen LogP) is 1.30. The normalized spacial score (nSPS) is 16.4. The first-order valence-electron chi connectivity index (χ1n) is 6.58. The summed E-state index contributed by atoms with van der Waals surface area (Å²) in [6, 6.07) is 10.2. The van der Waals surface area contributed by atoms with Crippen molar-refractivity contribution in [1.29, 1.82) is 0 Å². The molecule has 1 aliphatic rings. The van der Waals surface area contributed by atoms with Crippen LogP contribution in [-0.2, 0) is 11.3 Å². The number of aromatic nitrogens is 1. The van der Waals surface area contributed by atoms with Gasteiger partial charge in [-0.2, -0.15) is 0 Å². The lowest BCUT2D eigenvalue weighted by atomic mass is 10.3. The van der Waals surface area contributed by atoms with Crippen LogP contribution in [0.2, 0.25) is 0 Å². The first-order chi connectivity index (χ1) is 9.40. The zero-order valence-corrected chi connectivity index (χ0v) is 11.6. The van der Waals surface area contributed by atoms with Crippen molar-refractivity contribution in [3.8, 4) is 0 Å². The van der Waals surface area contributed by atoms with Crippen molar-refractivity contribution in [1.82, 2.24) is 4.98 Å². The molecule has 1 fully saturated rings. The van der Waals surface area contributed by atoms with Crippen molar-refractivity contribution in [2.45, 2.75) is 6.54 Å². The van der Waals surface area contributed by atoms with Crippen molar-refractivity contribution in [2.24, 2.45) is 0 Å². The Balaban J connectivity index is 1.59. The lowest BCUT2D eigenvalue weighted by Gasteiger charge is -2.22. The number of morpholine rings is 1. The Hall–Kier alpha value is -1.43. The highest BCUT2D eigenvalue weighted by molar-refractivity contribution is 7.13. The maximum Gasteiger partial charge on any atom is 0.187 e. The smallest absolute Gasteiger partial charge is 0.187 e. The number of hydrogen-bond donors (Lipinski definition) is 2. The molecule has 0 radical (unpaired) electrons. The number of para-hydroxylation sites is 1. The molecule has 2 aromatic rings. The monoisotopic (exact) mass is 276 g/mol. The van der Waals surface area contributed by atoms with Crippen molar-refractivity contribution >= 4 is 22.2 Å². The average Bonchev–Trinajstić information content (AvgIpc) is 2.88. The van der Waals surface area contributed by atoms with Crippen LogP contribution >= 0.6 is 11.3 Å². The quantitative estimate of drug-likeness (QED) is 0.884. The van der Waals surface area contributed by atoms with E-state index in [9.17, 15) is 0 Å². The molecule has 0 bridgehead atoms. The molecular formula is C14H18N3OS+. The molecule has 2 heterocycles. The Labute approximate surface area is 117 Å². The minimum Gasteiger partial charge on any atom is -0.370 e. The number of nitrogens with one attached hydrogen (secondary N) is 2. The Kier molecular flexibility index (Phi) is 4.07. The fraction of sp³-hybridized carbons (Fsp3) is 0.357. The molecule has 19 heavy (non-hydrogen) atoms. The molecule has 2 N–H and O–H groups in total. The van der Waals surface area contributed by atoms with Gasteiger partial charge in [0.05, 0.1) is 13.2 Å². The number of anilines is 2. The molecule has 0 saturated carbocycles. The third kappa shape index (κ3) is 3.53. The molecule has 0 atom stereocenters. The number of benzene rings is 1. The van der Waals surface area contributed by atoms with Crippen molar-refractivity contribution in [2.75, 3.05) is 31.6 Å². The third-order valence-electron chi connectivity index (χ3n) is 3.21. The fourth-order valence-electron chi connectivity index (χ4n) is 2.18. The summed E-state index contributed by atoms with van der Waals surface area (Å²) in [7, 11) is 0. The topological polar surface area (TPSA) is 38.6 Å². The largest absolute Gasteiger partial charge is 0.370 e. The Bertz CT molecular complexity index is 508. The predicted molar refractivity (Wildman–Crippen MR) is 77.1 cm³/mol. The molecule has 1 aromatic carbocycles. The molecule has 0 unspecified atom stereocenters. The van der Waals surface area contributed by atoms with Gasteiger partial charge in [0, 0.05) is 11.1 Å². The summed E-state index contributed by atoms with van der Waals surface area (Å²) in [5, 5.41) is 6.45. The van der Waals surface area contributed by atoms with Gasteiger partial charge in [0.25, 0.3) is 0 Å². The summed E-state index contributed by atoms with van der Waals surface area (Å²) in [4.78, 5) is 6.20. The van der Waals surface area contributed by atoms with Gasteiger partial charge >= 0.3 is 0 Å². The maximum atomic E-state index is 5.37. The molecule has 0 amide bonds. The van der Waals surface area contributed by atoms with Crippen LogP contribution in [0.3, 0.4) is 0 Å². The van der Waals surface area contributed by atoms with E-state index in [0.717, 1.165) is 43.7 Å². The van der Waals surface area contributed by atoms with E-state index in [-0.39, 0.29) is 0 Å². The lowest BCUT2D eigenvalue weighted by Crippen LogP contribution is -3.12. The number of quaternary nitrogens is 1. The van der Waals surface area contributed by atoms with Gasteiger partial charge in [0.1, 0.15) is 25.3 Å². The van der Waals surface area contributed by atoms with E-state index in [4.69, 9.17) is 4.74 Å². The van der Waals surface area contributed by atoms with E-state index < -0.39 is 0 Å². The van der Waals surface area contributed by atoms with Crippen LogP contribution < -0.4 is 10.2 Å². The van der Waals surface area contributed by atoms with E-state index in [1.54, 1.807) is 16.2 Å². The Morgan fingerprint density at radius 3 is 2.79 bits per heavy atom. The first-order valence-corrected chi connectivity index (χ1v) is 7.46. The van der Waals surface area contributed by atoms with Crippen LogP contribution in [0.4, 0.5) is 10.8 Å². The molecule has 1 aromatic heterocycles. The second-order valence-corrected chi connectivity index (χ2v) is 5.53. The highest BCUT2D eigenvalue weighted by Gasteiger charge is 2.15. The molecule has 3 rings (SSSR count). The third-order valence-corrected chi connectivity index (χ3v) is 4.01. The van der Waals surface area contributed by atoms with Crippen LogP contribution in [0.5, 0.6) is 0 Å². The number of hydrogen-bond acceptors (Lipinski definition) is 4. The van der Waals surface area contributed by atoms with Gasteiger partial charge in [0.2, 0.25) is 0 Å². The van der Waals surface area contributed by atoms with E-state index in [0.29, 0.717) is 0 Å². The molecule has 5 heteroatoms. The van der Waals surface area contributed by atoms with Gasteiger partial charge in [-0.1, -0.05) is 18.2 Å². The summed E-state index contributed by atoms with van der Waals surface area (Å²) in [6.45, 7) is 4.90. The number of rotatable bonds is 4. The van der Waals surface area contributed by atoms with Crippen LogP contribution in [0.15, 0.2) is 35.7 Å². The zero-order chi connectivity index (χ0) is 12.9. The van der Waals surface area contributed by atoms with Crippen LogP contribution in [-0.4, -0.2) is 31.3 Å². The van der Waals surface area contributed by atoms with Crippen molar-refractivity contribution in [3.05, 3.63) is 41.4 Å². The van der Waals surface area contributed by atoms with Gasteiger partial charge in [-0.15, -0.1) is 11.3 Å². The number of thiazole rings is 1. The molecule has 0 spiro atoms. The lowest BCUT2D eigenvalue weighted by molar-refractivity contribution is -0.921. The fourth-order valence-corrected chi connectivity index (χ4v) is 2.91. The van der Waals surface area contributed by atoms with Crippen LogP contribution in [0.1, 0.15) is 5.69 Å². The van der Waals surface area contributed by atoms with Crippen molar-refractivity contribution < 1.29 is 9.64 Å². The maximum absolute atomic E-state index is 5.37.